The first-order chi connectivity index (χ1) is 8.19. The van der Waals surface area contributed by atoms with Gasteiger partial charge in [0.2, 0.25) is 5.91 Å². The molecule has 4 nitrogen and oxygen atoms in total. The molecular weight excluding hydrogens is 216 g/mol. The van der Waals surface area contributed by atoms with Gasteiger partial charge in [0, 0.05) is 24.9 Å². The van der Waals surface area contributed by atoms with Crippen LogP contribution in [0.25, 0.3) is 0 Å². The van der Waals surface area contributed by atoms with Crippen molar-refractivity contribution in [2.24, 2.45) is 5.73 Å². The number of amides is 1. The molecular formula is C13H18N2O2. The molecule has 1 heterocycles. The van der Waals surface area contributed by atoms with Crippen LogP contribution in [-0.4, -0.2) is 26.2 Å². The summed E-state index contributed by atoms with van der Waals surface area (Å²) in [7, 11) is 1.63. The van der Waals surface area contributed by atoms with E-state index in [0.29, 0.717) is 13.2 Å². The molecule has 1 aromatic carbocycles. The average Bonchev–Trinajstić information content (AvgIpc) is 2.60. The summed E-state index contributed by atoms with van der Waals surface area (Å²) in [5.74, 6) is -0.0368. The molecule has 0 saturated heterocycles. The molecule has 2 rings (SSSR count). The van der Waals surface area contributed by atoms with Crippen LogP contribution in [0.3, 0.4) is 0 Å². The Labute approximate surface area is 101 Å². The first kappa shape index (κ1) is 12.1. The standard InChI is InChI=1S/C13H18N2O2/c1-3-9-4-5-11-10(8-9)12(14)13(16)15(11)6-7-17-2/h4-5,8,12H,3,6-7,14H2,1-2H3. The van der Waals surface area contributed by atoms with Crippen LogP contribution in [0.1, 0.15) is 24.1 Å². The van der Waals surface area contributed by atoms with Crippen LogP contribution in [0.4, 0.5) is 5.69 Å². The molecule has 0 fully saturated rings. The number of nitrogens with two attached hydrogens (primary N) is 1. The van der Waals surface area contributed by atoms with Gasteiger partial charge in [-0.15, -0.1) is 0 Å². The maximum absolute atomic E-state index is 12.0. The smallest absolute Gasteiger partial charge is 0.248 e. The van der Waals surface area contributed by atoms with Gasteiger partial charge < -0.3 is 15.4 Å². The number of methoxy groups -OCH3 is 1. The largest absolute Gasteiger partial charge is 0.383 e. The minimum Gasteiger partial charge on any atom is -0.383 e. The molecule has 0 aromatic heterocycles. The van der Waals surface area contributed by atoms with Crippen molar-refractivity contribution in [2.75, 3.05) is 25.2 Å². The van der Waals surface area contributed by atoms with Crippen molar-refractivity contribution in [3.05, 3.63) is 29.3 Å². The maximum Gasteiger partial charge on any atom is 0.248 e. The van der Waals surface area contributed by atoms with E-state index in [1.54, 1.807) is 12.0 Å². The fourth-order valence-corrected chi connectivity index (χ4v) is 2.15. The van der Waals surface area contributed by atoms with Crippen LogP contribution in [0.15, 0.2) is 18.2 Å². The Balaban J connectivity index is 2.33. The van der Waals surface area contributed by atoms with Crippen molar-refractivity contribution in [1.82, 2.24) is 0 Å². The number of carbonyl (C=O) groups excluding carboxylic acids is 1. The van der Waals surface area contributed by atoms with Gasteiger partial charge in [0.25, 0.3) is 0 Å². The van der Waals surface area contributed by atoms with Gasteiger partial charge in [0.15, 0.2) is 0 Å². The van der Waals surface area contributed by atoms with E-state index in [-0.39, 0.29) is 5.91 Å². The second-order valence-electron chi connectivity index (χ2n) is 4.21. The van der Waals surface area contributed by atoms with Crippen LogP contribution in [-0.2, 0) is 16.0 Å². The van der Waals surface area contributed by atoms with Crippen molar-refractivity contribution >= 4 is 11.6 Å². The fraction of sp³-hybridized carbons (Fsp3) is 0.462. The Bertz CT molecular complexity index is 431. The Morgan fingerprint density at radius 3 is 2.88 bits per heavy atom. The number of nitrogens with zero attached hydrogens (tertiary/aromatic N) is 1. The summed E-state index contributed by atoms with van der Waals surface area (Å²) in [6.07, 6.45) is 0.951. The molecule has 2 N–H and O–H groups in total. The second-order valence-corrected chi connectivity index (χ2v) is 4.21. The van der Waals surface area contributed by atoms with Gasteiger partial charge in [0.05, 0.1) is 6.61 Å². The highest BCUT2D eigenvalue weighted by atomic mass is 16.5. The topological polar surface area (TPSA) is 55.6 Å². The Hall–Kier alpha value is -1.39. The van der Waals surface area contributed by atoms with Crippen LogP contribution in [0.5, 0.6) is 0 Å². The Morgan fingerprint density at radius 2 is 2.24 bits per heavy atom. The Morgan fingerprint density at radius 1 is 1.47 bits per heavy atom. The van der Waals surface area contributed by atoms with Gasteiger partial charge in [-0.3, -0.25) is 4.79 Å². The third kappa shape index (κ3) is 2.06. The summed E-state index contributed by atoms with van der Waals surface area (Å²) in [5.41, 5.74) is 9.02. The molecule has 0 spiro atoms. The van der Waals surface area contributed by atoms with Gasteiger partial charge in [-0.2, -0.15) is 0 Å². The molecule has 4 heteroatoms. The van der Waals surface area contributed by atoms with Crippen LogP contribution in [0, 0.1) is 0 Å². The number of aryl methyl sites for hydroxylation is 1. The monoisotopic (exact) mass is 234 g/mol. The summed E-state index contributed by atoms with van der Waals surface area (Å²) in [6, 6.07) is 5.54. The highest BCUT2D eigenvalue weighted by Gasteiger charge is 2.34. The van der Waals surface area contributed by atoms with Crippen molar-refractivity contribution < 1.29 is 9.53 Å². The zero-order chi connectivity index (χ0) is 12.4. The molecule has 0 bridgehead atoms. The number of benzene rings is 1. The van der Waals surface area contributed by atoms with Crippen molar-refractivity contribution in [3.63, 3.8) is 0 Å². The van der Waals surface area contributed by atoms with E-state index < -0.39 is 6.04 Å². The molecule has 0 saturated carbocycles. The molecule has 1 aliphatic rings. The van der Waals surface area contributed by atoms with E-state index in [4.69, 9.17) is 10.5 Å². The lowest BCUT2D eigenvalue weighted by molar-refractivity contribution is -0.119. The molecule has 0 radical (unpaired) electrons. The van der Waals surface area contributed by atoms with Crippen LogP contribution < -0.4 is 10.6 Å². The summed E-state index contributed by atoms with van der Waals surface area (Å²) >= 11 is 0. The first-order valence-corrected chi connectivity index (χ1v) is 5.87. The first-order valence-electron chi connectivity index (χ1n) is 5.87. The van der Waals surface area contributed by atoms with Crippen molar-refractivity contribution in [3.8, 4) is 0 Å². The van der Waals surface area contributed by atoms with E-state index in [2.05, 4.69) is 6.92 Å². The predicted molar refractivity (Wildman–Crippen MR) is 67.0 cm³/mol. The van der Waals surface area contributed by atoms with Gasteiger partial charge in [0.1, 0.15) is 6.04 Å². The van der Waals surface area contributed by atoms with E-state index in [9.17, 15) is 4.79 Å². The summed E-state index contributed by atoms with van der Waals surface area (Å²) in [6.45, 7) is 3.17. The Kier molecular flexibility index (Phi) is 3.45. The highest BCUT2D eigenvalue weighted by Crippen LogP contribution is 2.34. The molecule has 1 amide bonds. The lowest BCUT2D eigenvalue weighted by Crippen LogP contribution is -2.34. The van der Waals surface area contributed by atoms with Gasteiger partial charge in [-0.05, 0) is 18.1 Å². The van der Waals surface area contributed by atoms with Gasteiger partial charge in [-0.25, -0.2) is 0 Å². The summed E-state index contributed by atoms with van der Waals surface area (Å²) < 4.78 is 5.01. The van der Waals surface area contributed by atoms with Crippen molar-refractivity contribution in [2.45, 2.75) is 19.4 Å². The fourth-order valence-electron chi connectivity index (χ4n) is 2.15. The molecule has 0 aliphatic carbocycles. The lowest BCUT2D eigenvalue weighted by Gasteiger charge is -2.16. The van der Waals surface area contributed by atoms with Crippen LogP contribution in [0.2, 0.25) is 0 Å². The minimum atomic E-state index is -0.520. The predicted octanol–water partition coefficient (Wildman–Crippen LogP) is 1.24. The number of rotatable bonds is 4. The van der Waals surface area contributed by atoms with Crippen molar-refractivity contribution in [1.29, 1.82) is 0 Å². The second kappa shape index (κ2) is 4.85. The highest BCUT2D eigenvalue weighted by molar-refractivity contribution is 6.04. The molecule has 1 aromatic rings. The third-order valence-electron chi connectivity index (χ3n) is 3.18. The molecule has 1 atom stereocenters. The number of fused-ring (bicyclic) bond motifs is 1. The normalized spacial score (nSPS) is 18.6. The number of hydrogen-bond donors (Lipinski definition) is 1. The number of hydrogen-bond acceptors (Lipinski definition) is 3. The SMILES string of the molecule is CCc1ccc2c(c1)C(N)C(=O)N2CCOC. The minimum absolute atomic E-state index is 0.0368. The van der Waals surface area contributed by atoms with Gasteiger partial charge >= 0.3 is 0 Å². The third-order valence-corrected chi connectivity index (χ3v) is 3.18. The van der Waals surface area contributed by atoms with E-state index in [1.165, 1.54) is 5.56 Å². The molecule has 1 aliphatic heterocycles. The summed E-state index contributed by atoms with van der Waals surface area (Å²) in [5, 5.41) is 0. The number of anilines is 1. The van der Waals surface area contributed by atoms with E-state index in [0.717, 1.165) is 17.7 Å². The van der Waals surface area contributed by atoms with E-state index >= 15 is 0 Å². The average molecular weight is 234 g/mol. The molecule has 92 valence electrons. The maximum atomic E-state index is 12.0. The zero-order valence-electron chi connectivity index (χ0n) is 10.3. The summed E-state index contributed by atoms with van der Waals surface area (Å²) in [4.78, 5) is 13.7. The zero-order valence-corrected chi connectivity index (χ0v) is 10.3. The molecule has 1 unspecified atom stereocenters. The lowest BCUT2D eigenvalue weighted by atomic mass is 10.0. The number of carbonyl (C=O) groups is 1. The van der Waals surface area contributed by atoms with E-state index in [1.807, 2.05) is 18.2 Å². The quantitative estimate of drug-likeness (QED) is 0.852. The van der Waals surface area contributed by atoms with Crippen LogP contribution >= 0.6 is 0 Å². The van der Waals surface area contributed by atoms with Gasteiger partial charge in [-0.1, -0.05) is 19.1 Å². The number of ether oxygens (including phenoxy) is 1. The molecule has 17 heavy (non-hydrogen) atoms.